The van der Waals surface area contributed by atoms with E-state index in [1.165, 1.54) is 47.9 Å². The van der Waals surface area contributed by atoms with E-state index in [1.807, 2.05) is 24.3 Å². The summed E-state index contributed by atoms with van der Waals surface area (Å²) in [6.45, 7) is 0. The zero-order valence-corrected chi connectivity index (χ0v) is 34.5. The molecule has 0 fully saturated rings. The second kappa shape index (κ2) is 36.1. The van der Waals surface area contributed by atoms with Gasteiger partial charge in [0.15, 0.2) is 0 Å². The van der Waals surface area contributed by atoms with E-state index in [2.05, 4.69) is 97.1 Å². The van der Waals surface area contributed by atoms with Crippen molar-refractivity contribution in [3.63, 3.8) is 0 Å². The predicted molar refractivity (Wildman–Crippen MR) is 236 cm³/mol. The Kier molecular flexibility index (Phi) is 31.6. The van der Waals surface area contributed by atoms with Crippen LogP contribution >= 0.6 is 0 Å². The highest BCUT2D eigenvalue weighted by Gasteiger charge is 2.00. The highest BCUT2D eigenvalue weighted by Crippen LogP contribution is 2.18. The highest BCUT2D eigenvalue weighted by molar-refractivity contribution is 5.67. The first-order valence-corrected chi connectivity index (χ1v) is 21.3. The van der Waals surface area contributed by atoms with Crippen LogP contribution in [-0.2, 0) is 19.2 Å². The first kappa shape index (κ1) is 50.8. The number of hydrogen-bond acceptors (Lipinski definition) is 4. The van der Waals surface area contributed by atoms with Crippen LogP contribution in [0.3, 0.4) is 0 Å². The molecule has 0 heterocycles. The third kappa shape index (κ3) is 31.9. The zero-order chi connectivity index (χ0) is 42.3. The van der Waals surface area contributed by atoms with Gasteiger partial charge in [0.1, 0.15) is 0 Å². The Morgan fingerprint density at radius 2 is 0.379 bits per heavy atom. The molecule has 0 aromatic heterocycles. The number of carboxylic acid groups (broad SMARTS) is 4. The number of carboxylic acids is 4. The van der Waals surface area contributed by atoms with Gasteiger partial charge in [-0.3, -0.25) is 19.2 Å². The van der Waals surface area contributed by atoms with Crippen LogP contribution in [0.2, 0.25) is 0 Å². The van der Waals surface area contributed by atoms with Crippen LogP contribution in [0, 0.1) is 0 Å². The van der Waals surface area contributed by atoms with Crippen LogP contribution in [0.25, 0.3) is 22.3 Å². The Bertz CT molecular complexity index is 1380. The summed E-state index contributed by atoms with van der Waals surface area (Å²) in [4.78, 5) is 41.0. The topological polar surface area (TPSA) is 149 Å². The summed E-state index contributed by atoms with van der Waals surface area (Å²) in [5, 5.41) is 33.7. The summed E-state index contributed by atoms with van der Waals surface area (Å²) < 4.78 is 0. The molecule has 4 aromatic rings. The molecule has 0 aliphatic carbocycles. The van der Waals surface area contributed by atoms with Crippen molar-refractivity contribution in [3.8, 4) is 22.3 Å². The third-order valence-corrected chi connectivity index (χ3v) is 9.32. The lowest BCUT2D eigenvalue weighted by Crippen LogP contribution is -1.94. The maximum atomic E-state index is 10.3. The summed E-state index contributed by atoms with van der Waals surface area (Å²) in [5.41, 5.74) is 5.10. The number of benzene rings is 4. The molecular weight excluding hydrogens is 729 g/mol. The molecule has 4 N–H and O–H groups in total. The second-order valence-electron chi connectivity index (χ2n) is 14.4. The molecule has 0 radical (unpaired) electrons. The van der Waals surface area contributed by atoms with Crippen molar-refractivity contribution >= 4 is 23.9 Å². The minimum atomic E-state index is -0.714. The van der Waals surface area contributed by atoms with E-state index in [4.69, 9.17) is 20.4 Å². The van der Waals surface area contributed by atoms with Crippen LogP contribution in [0.1, 0.15) is 141 Å². The van der Waals surface area contributed by atoms with Crippen molar-refractivity contribution in [2.75, 3.05) is 0 Å². The summed E-state index contributed by atoms with van der Waals surface area (Å²) in [6, 6.07) is 41.6. The minimum Gasteiger partial charge on any atom is -0.481 e. The fourth-order valence-electron chi connectivity index (χ4n) is 6.10. The van der Waals surface area contributed by atoms with Gasteiger partial charge in [0.25, 0.3) is 0 Å². The minimum absolute atomic E-state index is 0.276. The van der Waals surface area contributed by atoms with E-state index in [9.17, 15) is 19.2 Å². The molecular formula is C50H68O8. The molecule has 0 bridgehead atoms. The van der Waals surface area contributed by atoms with Crippen LogP contribution < -0.4 is 0 Å². The maximum Gasteiger partial charge on any atom is 0.303 e. The molecule has 0 saturated heterocycles. The van der Waals surface area contributed by atoms with E-state index < -0.39 is 23.9 Å². The van der Waals surface area contributed by atoms with Gasteiger partial charge in [-0.25, -0.2) is 0 Å². The van der Waals surface area contributed by atoms with Gasteiger partial charge >= 0.3 is 23.9 Å². The Hall–Kier alpha value is -5.24. The molecule has 0 amide bonds. The van der Waals surface area contributed by atoms with Crippen LogP contribution in [0.4, 0.5) is 0 Å². The van der Waals surface area contributed by atoms with Gasteiger partial charge in [0, 0.05) is 25.7 Å². The lowest BCUT2D eigenvalue weighted by Gasteiger charge is -2.01. The molecule has 8 heteroatoms. The highest BCUT2D eigenvalue weighted by atomic mass is 16.4. The summed E-state index contributed by atoms with van der Waals surface area (Å²) in [7, 11) is 0. The van der Waals surface area contributed by atoms with Gasteiger partial charge in [0.05, 0.1) is 0 Å². The van der Waals surface area contributed by atoms with E-state index in [0.29, 0.717) is 12.8 Å². The van der Waals surface area contributed by atoms with Crippen molar-refractivity contribution in [2.24, 2.45) is 0 Å². The SMILES string of the molecule is O=C(O)CCCCCCCCCCC(=O)O.O=C(O)CCCCCCCCCCCCC(=O)O.c1ccc(-c2ccccc2)cc1.c1ccc(-c2ccccc2)cc1. The van der Waals surface area contributed by atoms with E-state index in [1.54, 1.807) is 0 Å². The molecule has 0 aliphatic heterocycles. The van der Waals surface area contributed by atoms with Crippen molar-refractivity contribution < 1.29 is 39.6 Å². The fraction of sp³-hybridized carbons (Fsp3) is 0.440. The molecule has 58 heavy (non-hydrogen) atoms. The molecule has 316 valence electrons. The molecule has 0 aliphatic rings. The Balaban J connectivity index is 0.000000391. The quantitative estimate of drug-likeness (QED) is 0.0459. The van der Waals surface area contributed by atoms with Gasteiger partial charge in [0.2, 0.25) is 0 Å². The van der Waals surface area contributed by atoms with Crippen LogP contribution in [0.15, 0.2) is 121 Å². The average Bonchev–Trinajstić information content (AvgIpc) is 3.23. The molecule has 0 saturated carbocycles. The lowest BCUT2D eigenvalue weighted by atomic mass is 10.1. The van der Waals surface area contributed by atoms with E-state index in [-0.39, 0.29) is 12.8 Å². The Morgan fingerprint density at radius 3 is 0.517 bits per heavy atom. The third-order valence-electron chi connectivity index (χ3n) is 9.32. The van der Waals surface area contributed by atoms with Gasteiger partial charge < -0.3 is 20.4 Å². The smallest absolute Gasteiger partial charge is 0.303 e. The average molecular weight is 797 g/mol. The van der Waals surface area contributed by atoms with Gasteiger partial charge in [-0.2, -0.15) is 0 Å². The van der Waals surface area contributed by atoms with Crippen molar-refractivity contribution in [1.29, 1.82) is 0 Å². The number of rotatable bonds is 26. The first-order chi connectivity index (χ1) is 28.2. The molecule has 8 nitrogen and oxygen atoms in total. The van der Waals surface area contributed by atoms with Crippen LogP contribution in [-0.4, -0.2) is 44.3 Å². The standard InChI is InChI=1S/C14H26O4.C12H22O4.2C12H10/c15-13(16)11-9-7-5-3-1-2-4-6-8-10-12-14(17)18;13-11(14)9-7-5-3-1-2-4-6-8-10-12(15)16;2*1-3-7-11(8-4-1)12-9-5-2-6-10-12/h1-12H2,(H,15,16)(H,17,18);1-10H2,(H,13,14)(H,15,16);2*1-10H. The molecule has 4 aromatic carbocycles. The van der Waals surface area contributed by atoms with Crippen LogP contribution in [0.5, 0.6) is 0 Å². The van der Waals surface area contributed by atoms with Gasteiger partial charge in [-0.15, -0.1) is 0 Å². The van der Waals surface area contributed by atoms with Crippen molar-refractivity contribution in [1.82, 2.24) is 0 Å². The summed E-state index contributed by atoms with van der Waals surface area (Å²) in [5.74, 6) is -2.82. The van der Waals surface area contributed by atoms with E-state index >= 15 is 0 Å². The number of hydrogen-bond donors (Lipinski definition) is 4. The maximum absolute atomic E-state index is 10.3. The Labute approximate surface area is 347 Å². The van der Waals surface area contributed by atoms with Crippen molar-refractivity contribution in [3.05, 3.63) is 121 Å². The first-order valence-electron chi connectivity index (χ1n) is 21.3. The fourth-order valence-corrected chi connectivity index (χ4v) is 6.10. The lowest BCUT2D eigenvalue weighted by molar-refractivity contribution is -0.138. The number of carbonyl (C=O) groups is 4. The zero-order valence-electron chi connectivity index (χ0n) is 34.5. The summed E-state index contributed by atoms with van der Waals surface area (Å²) in [6.07, 6.45) is 19.8. The largest absolute Gasteiger partial charge is 0.481 e. The molecule has 0 spiro atoms. The van der Waals surface area contributed by atoms with Gasteiger partial charge in [-0.1, -0.05) is 211 Å². The monoisotopic (exact) mass is 796 g/mol. The predicted octanol–water partition coefficient (Wildman–Crippen LogP) is 13.6. The van der Waals surface area contributed by atoms with E-state index in [0.717, 1.165) is 89.9 Å². The van der Waals surface area contributed by atoms with Gasteiger partial charge in [-0.05, 0) is 47.9 Å². The number of aliphatic carboxylic acids is 4. The Morgan fingerprint density at radius 1 is 0.241 bits per heavy atom. The number of unbranched alkanes of at least 4 members (excludes halogenated alkanes) is 16. The molecule has 0 atom stereocenters. The second-order valence-corrected chi connectivity index (χ2v) is 14.4. The summed E-state index contributed by atoms with van der Waals surface area (Å²) >= 11 is 0. The normalized spacial score (nSPS) is 10.1. The molecule has 0 unspecified atom stereocenters. The molecule has 4 rings (SSSR count). The van der Waals surface area contributed by atoms with Crippen molar-refractivity contribution in [2.45, 2.75) is 141 Å².